The fraction of sp³-hybridized carbons (Fsp3) is 0.194. The summed E-state index contributed by atoms with van der Waals surface area (Å²) in [6, 6.07) is 8.28. The number of nitrogens with zero attached hydrogens (tertiary/aromatic N) is 3. The van der Waals surface area contributed by atoms with Crippen LogP contribution < -0.4 is 24.2 Å². The lowest BCUT2D eigenvalue weighted by molar-refractivity contribution is 0.353. The van der Waals surface area contributed by atoms with Gasteiger partial charge in [0.25, 0.3) is 0 Å². The van der Waals surface area contributed by atoms with Crippen molar-refractivity contribution in [3.8, 4) is 34.5 Å². The third kappa shape index (κ3) is 6.97. The number of methoxy groups -OCH3 is 2. The van der Waals surface area contributed by atoms with E-state index in [4.69, 9.17) is 14.2 Å². The number of nitrogens with one attached hydrogen (secondary N) is 2. The Balaban J connectivity index is 1.52. The third-order valence-corrected chi connectivity index (χ3v) is 9.77. The maximum absolute atomic E-state index is 16.2. The second kappa shape index (κ2) is 12.6. The molecule has 1 fully saturated rings. The van der Waals surface area contributed by atoms with Crippen LogP contribution in [0.15, 0.2) is 70.7 Å². The Bertz CT molecular complexity index is 2280. The summed E-state index contributed by atoms with van der Waals surface area (Å²) in [5, 5.41) is 2.61. The van der Waals surface area contributed by atoms with E-state index in [1.165, 1.54) is 38.6 Å². The minimum Gasteiger partial charge on any atom is -0.480 e. The fourth-order valence-electron chi connectivity index (χ4n) is 4.81. The van der Waals surface area contributed by atoms with Crippen LogP contribution in [0, 0.1) is 17.5 Å². The zero-order chi connectivity index (χ0) is 34.4. The van der Waals surface area contributed by atoms with Gasteiger partial charge in [0.2, 0.25) is 15.9 Å². The average molecular weight is 702 g/mol. The van der Waals surface area contributed by atoms with Crippen LogP contribution in [0.4, 0.5) is 24.5 Å². The van der Waals surface area contributed by atoms with Crippen LogP contribution in [0.2, 0.25) is 0 Å². The van der Waals surface area contributed by atoms with Crippen molar-refractivity contribution in [2.24, 2.45) is 0 Å². The van der Waals surface area contributed by atoms with Gasteiger partial charge < -0.3 is 19.5 Å². The predicted octanol–water partition coefficient (Wildman–Crippen LogP) is 5.51. The number of sulfone groups is 1. The maximum atomic E-state index is 16.2. The molecule has 1 aliphatic rings. The van der Waals surface area contributed by atoms with Gasteiger partial charge in [-0.15, -0.1) is 0 Å². The number of hydrogen-bond donors (Lipinski definition) is 2. The molecule has 0 unspecified atom stereocenters. The van der Waals surface area contributed by atoms with Crippen molar-refractivity contribution in [1.29, 1.82) is 0 Å². The normalized spacial score (nSPS) is 13.4. The molecule has 48 heavy (non-hydrogen) atoms. The second-order valence-corrected chi connectivity index (χ2v) is 14.5. The highest BCUT2D eigenvalue weighted by atomic mass is 32.2. The number of ether oxygens (including phenoxy) is 3. The lowest BCUT2D eigenvalue weighted by Gasteiger charge is -2.18. The van der Waals surface area contributed by atoms with Crippen LogP contribution in [-0.2, 0) is 19.9 Å². The SMILES string of the molecule is COc1ncc(-c2cc(F)c3c(Nc4cc(Oc5cc(F)cc(F)c5)cc(S(C)(=O)=O)c4)c(S(=O)(=O)NC4CC4)cnc3c2)c(OC)n1. The highest BCUT2D eigenvalue weighted by molar-refractivity contribution is 7.90. The number of anilines is 2. The minimum absolute atomic E-state index is 0.0155. The first-order valence-electron chi connectivity index (χ1n) is 14.1. The maximum Gasteiger partial charge on any atom is 0.319 e. The molecule has 0 saturated heterocycles. The molecule has 1 saturated carbocycles. The Hall–Kier alpha value is -5.00. The molecular formula is C31H26F3N5O7S2. The Kier molecular flexibility index (Phi) is 8.61. The summed E-state index contributed by atoms with van der Waals surface area (Å²) >= 11 is 0. The summed E-state index contributed by atoms with van der Waals surface area (Å²) in [5.41, 5.74) is 0.250. The molecule has 2 aromatic heterocycles. The molecule has 0 aliphatic heterocycles. The molecule has 17 heteroatoms. The van der Waals surface area contributed by atoms with Crippen molar-refractivity contribution >= 4 is 42.1 Å². The number of pyridine rings is 1. The van der Waals surface area contributed by atoms with E-state index in [1.54, 1.807) is 0 Å². The monoisotopic (exact) mass is 701 g/mol. The summed E-state index contributed by atoms with van der Waals surface area (Å²) in [7, 11) is -5.45. The van der Waals surface area contributed by atoms with E-state index in [1.807, 2.05) is 0 Å². The molecule has 0 spiro atoms. The van der Waals surface area contributed by atoms with Crippen LogP contribution in [-0.4, -0.2) is 58.3 Å². The largest absolute Gasteiger partial charge is 0.480 e. The highest BCUT2D eigenvalue weighted by Crippen LogP contribution is 2.40. The van der Waals surface area contributed by atoms with Gasteiger partial charge in [0.15, 0.2) is 9.84 Å². The molecule has 3 aromatic carbocycles. The van der Waals surface area contributed by atoms with Crippen LogP contribution in [0.3, 0.4) is 0 Å². The Morgan fingerprint density at radius 2 is 1.54 bits per heavy atom. The molecular weight excluding hydrogens is 675 g/mol. The molecule has 2 N–H and O–H groups in total. The lowest BCUT2D eigenvalue weighted by atomic mass is 10.0. The van der Waals surface area contributed by atoms with Gasteiger partial charge in [-0.1, -0.05) is 0 Å². The molecule has 1 aliphatic carbocycles. The third-order valence-electron chi connectivity index (χ3n) is 7.14. The molecule has 12 nitrogen and oxygen atoms in total. The van der Waals surface area contributed by atoms with Gasteiger partial charge in [-0.25, -0.2) is 39.7 Å². The molecule has 0 bridgehead atoms. The van der Waals surface area contributed by atoms with E-state index in [9.17, 15) is 25.6 Å². The zero-order valence-corrected chi connectivity index (χ0v) is 27.0. The molecule has 250 valence electrons. The average Bonchev–Trinajstić information content (AvgIpc) is 3.82. The van der Waals surface area contributed by atoms with Crippen LogP contribution in [0.25, 0.3) is 22.0 Å². The number of aromatic nitrogens is 3. The lowest BCUT2D eigenvalue weighted by Crippen LogP contribution is -2.26. The fourth-order valence-corrected chi connectivity index (χ4v) is 6.90. The molecule has 0 atom stereocenters. The van der Waals surface area contributed by atoms with E-state index >= 15 is 4.39 Å². The second-order valence-electron chi connectivity index (χ2n) is 10.8. The van der Waals surface area contributed by atoms with E-state index in [2.05, 4.69) is 25.0 Å². The van der Waals surface area contributed by atoms with Crippen molar-refractivity contribution in [3.63, 3.8) is 0 Å². The first-order valence-corrected chi connectivity index (χ1v) is 17.5. The van der Waals surface area contributed by atoms with E-state index in [0.29, 0.717) is 24.5 Å². The van der Waals surface area contributed by atoms with Crippen molar-refractivity contribution in [3.05, 3.63) is 78.4 Å². The van der Waals surface area contributed by atoms with Crippen LogP contribution >= 0.6 is 0 Å². The van der Waals surface area contributed by atoms with Gasteiger partial charge >= 0.3 is 6.01 Å². The summed E-state index contributed by atoms with van der Waals surface area (Å²) in [5.74, 6) is -3.12. The number of halogens is 3. The summed E-state index contributed by atoms with van der Waals surface area (Å²) in [6.45, 7) is 0. The molecule has 6 rings (SSSR count). The quantitative estimate of drug-likeness (QED) is 0.179. The van der Waals surface area contributed by atoms with Gasteiger partial charge in [-0.05, 0) is 42.7 Å². The predicted molar refractivity (Wildman–Crippen MR) is 168 cm³/mol. The van der Waals surface area contributed by atoms with Gasteiger partial charge in [0.1, 0.15) is 33.8 Å². The number of benzene rings is 3. The van der Waals surface area contributed by atoms with E-state index < -0.39 is 42.2 Å². The zero-order valence-electron chi connectivity index (χ0n) is 25.4. The Labute approximate surface area is 272 Å². The smallest absolute Gasteiger partial charge is 0.319 e. The van der Waals surface area contributed by atoms with Crippen LogP contribution in [0.5, 0.6) is 23.4 Å². The first kappa shape index (κ1) is 32.9. The molecule has 5 aromatic rings. The van der Waals surface area contributed by atoms with E-state index in [0.717, 1.165) is 36.7 Å². The highest BCUT2D eigenvalue weighted by Gasteiger charge is 2.31. The Morgan fingerprint density at radius 3 is 2.19 bits per heavy atom. The number of sulfonamides is 1. The van der Waals surface area contributed by atoms with Gasteiger partial charge in [-0.2, -0.15) is 4.98 Å². The van der Waals surface area contributed by atoms with Crippen molar-refractivity contribution in [1.82, 2.24) is 19.7 Å². The summed E-state index contributed by atoms with van der Waals surface area (Å²) < 4.78 is 115. The van der Waals surface area contributed by atoms with Gasteiger partial charge in [0.05, 0.1) is 41.3 Å². The number of hydrogen-bond acceptors (Lipinski definition) is 11. The Morgan fingerprint density at radius 1 is 0.833 bits per heavy atom. The summed E-state index contributed by atoms with van der Waals surface area (Å²) in [4.78, 5) is 11.7. The number of rotatable bonds is 11. The van der Waals surface area contributed by atoms with Crippen molar-refractivity contribution < 1.29 is 44.2 Å². The number of fused-ring (bicyclic) bond motifs is 1. The summed E-state index contributed by atoms with van der Waals surface area (Å²) in [6.07, 6.45) is 4.57. The van der Waals surface area contributed by atoms with E-state index in [-0.39, 0.29) is 62.2 Å². The van der Waals surface area contributed by atoms with Crippen LogP contribution in [0.1, 0.15) is 12.8 Å². The molecule has 0 amide bonds. The van der Waals surface area contributed by atoms with Crippen molar-refractivity contribution in [2.75, 3.05) is 25.8 Å². The van der Waals surface area contributed by atoms with Gasteiger partial charge in [-0.3, -0.25) is 4.98 Å². The topological polar surface area (TPSA) is 159 Å². The van der Waals surface area contributed by atoms with Gasteiger partial charge in [0, 0.05) is 54.6 Å². The minimum atomic E-state index is -4.27. The first-order chi connectivity index (χ1) is 22.7. The standard InChI is InChI=1S/C31H26F3N5O7S2/c1-44-30-24(14-36-31(38-30)45-2)16-6-25(34)28-26(7-16)35-15-27(48(42,43)39-19-4-5-19)29(28)37-20-11-22(13-23(12-20)47(3,40)41)46-21-9-17(32)8-18(33)10-21/h6-15,19,39H,4-5H2,1-3H3,(H,35,37). The molecule has 2 heterocycles. The van der Waals surface area contributed by atoms with Crippen molar-refractivity contribution in [2.45, 2.75) is 28.7 Å². The molecule has 0 radical (unpaired) electrons.